The monoisotopic (exact) mass is 422 g/mol. The van der Waals surface area contributed by atoms with Gasteiger partial charge in [0, 0.05) is 12.3 Å². The molecule has 0 bridgehead atoms. The first-order valence-electron chi connectivity index (χ1n) is 8.54. The molecule has 10 nitrogen and oxygen atoms in total. The third-order valence-corrected chi connectivity index (χ3v) is 5.72. The second kappa shape index (κ2) is 7.43. The first-order chi connectivity index (χ1) is 13.8. The number of hydrogen-bond donors (Lipinski definition) is 0. The zero-order chi connectivity index (χ0) is 21.4. The minimum Gasteiger partial charge on any atom is -0.468 e. The molecule has 2 aromatic heterocycles. The van der Waals surface area contributed by atoms with Crippen LogP contribution in [0.1, 0.15) is 12.8 Å². The number of hydrogen-bond acceptors (Lipinski definition) is 9. The largest absolute Gasteiger partial charge is 0.468 e. The van der Waals surface area contributed by atoms with Crippen LogP contribution in [-0.4, -0.2) is 58.8 Å². The number of methoxy groups -OCH3 is 3. The summed E-state index contributed by atoms with van der Waals surface area (Å²) in [6, 6.07) is 0. The summed E-state index contributed by atoms with van der Waals surface area (Å²) in [7, 11) is 3.53. The molecule has 0 spiro atoms. The summed E-state index contributed by atoms with van der Waals surface area (Å²) in [6.45, 7) is 3.79. The van der Waals surface area contributed by atoms with Crippen molar-refractivity contribution >= 4 is 40.7 Å². The summed E-state index contributed by atoms with van der Waals surface area (Å²) in [5.74, 6) is -3.05. The van der Waals surface area contributed by atoms with Crippen LogP contribution in [0.3, 0.4) is 0 Å². The highest BCUT2D eigenvalue weighted by Gasteiger charge is 2.67. The maximum atomic E-state index is 13.1. The second-order valence-corrected chi connectivity index (χ2v) is 7.01. The molecule has 2 atom stereocenters. The summed E-state index contributed by atoms with van der Waals surface area (Å²) in [6.07, 6.45) is 3.68. The molecule has 3 rings (SSSR count). The van der Waals surface area contributed by atoms with Crippen molar-refractivity contribution in [1.29, 1.82) is 0 Å². The molecule has 0 radical (unpaired) electrons. The van der Waals surface area contributed by atoms with E-state index in [2.05, 4.69) is 21.5 Å². The van der Waals surface area contributed by atoms with E-state index < -0.39 is 34.8 Å². The van der Waals surface area contributed by atoms with E-state index in [1.165, 1.54) is 30.4 Å². The number of nitrogens with zero attached hydrogens (tertiary/aromatic N) is 4. The van der Waals surface area contributed by atoms with Crippen molar-refractivity contribution in [1.82, 2.24) is 19.5 Å². The van der Waals surface area contributed by atoms with Crippen LogP contribution in [0.2, 0.25) is 5.15 Å². The number of allylic oxidation sites excluding steroid dienone is 1. The highest BCUT2D eigenvalue weighted by molar-refractivity contribution is 6.33. The molecule has 0 amide bonds. The van der Waals surface area contributed by atoms with Gasteiger partial charge in [0.2, 0.25) is 0 Å². The summed E-state index contributed by atoms with van der Waals surface area (Å²) in [5.41, 5.74) is -2.81. The molecular formula is C18H19ClN4O6. The molecule has 0 aromatic carbocycles. The van der Waals surface area contributed by atoms with Crippen LogP contribution in [0.4, 0.5) is 0 Å². The van der Waals surface area contributed by atoms with E-state index in [1.54, 1.807) is 0 Å². The predicted molar refractivity (Wildman–Crippen MR) is 99.7 cm³/mol. The average Bonchev–Trinajstić information content (AvgIpc) is 3.33. The van der Waals surface area contributed by atoms with Gasteiger partial charge in [-0.25, -0.2) is 19.7 Å². The number of halogens is 1. The van der Waals surface area contributed by atoms with E-state index in [1.807, 2.05) is 0 Å². The van der Waals surface area contributed by atoms with Gasteiger partial charge in [0.1, 0.15) is 11.8 Å². The Morgan fingerprint density at radius 1 is 1.14 bits per heavy atom. The zero-order valence-corrected chi connectivity index (χ0v) is 16.8. The van der Waals surface area contributed by atoms with Crippen LogP contribution < -0.4 is 0 Å². The van der Waals surface area contributed by atoms with E-state index in [0.717, 1.165) is 14.2 Å². The fraction of sp³-hybridized carbons (Fsp3) is 0.444. The highest BCUT2D eigenvalue weighted by Crippen LogP contribution is 2.55. The highest BCUT2D eigenvalue weighted by atomic mass is 35.5. The second-order valence-electron chi connectivity index (χ2n) is 6.66. The third kappa shape index (κ3) is 2.78. The van der Waals surface area contributed by atoms with Gasteiger partial charge in [-0.2, -0.15) is 0 Å². The number of imidazole rings is 1. The number of carbonyl (C=O) groups is 3. The van der Waals surface area contributed by atoms with Crippen LogP contribution in [0.25, 0.3) is 11.2 Å². The Balaban J connectivity index is 2.33. The molecule has 2 heterocycles. The number of rotatable bonds is 5. The SMILES string of the molecule is C=C[C@H]1CC(C(=O)OC)(C(=O)OC)C[C@@]1(C(=O)OC)n1cnc2c(Cl)ncnc21. The summed E-state index contributed by atoms with van der Waals surface area (Å²) < 4.78 is 16.3. The lowest BCUT2D eigenvalue weighted by atomic mass is 9.83. The Morgan fingerprint density at radius 3 is 2.31 bits per heavy atom. The van der Waals surface area contributed by atoms with Crippen LogP contribution >= 0.6 is 11.6 Å². The lowest BCUT2D eigenvalue weighted by Gasteiger charge is -2.33. The quantitative estimate of drug-likeness (QED) is 0.230. The van der Waals surface area contributed by atoms with Crippen molar-refractivity contribution in [3.05, 3.63) is 30.5 Å². The topological polar surface area (TPSA) is 123 Å². The molecule has 2 aromatic rings. The van der Waals surface area contributed by atoms with E-state index in [4.69, 9.17) is 25.8 Å². The van der Waals surface area contributed by atoms with Crippen molar-refractivity contribution in [2.24, 2.45) is 11.3 Å². The Morgan fingerprint density at radius 2 is 1.76 bits per heavy atom. The number of fused-ring (bicyclic) bond motifs is 1. The van der Waals surface area contributed by atoms with Gasteiger partial charge in [0.15, 0.2) is 21.8 Å². The van der Waals surface area contributed by atoms with Gasteiger partial charge in [-0.3, -0.25) is 14.2 Å². The van der Waals surface area contributed by atoms with Crippen LogP contribution in [-0.2, 0) is 34.1 Å². The van der Waals surface area contributed by atoms with Gasteiger partial charge in [0.05, 0.1) is 27.7 Å². The normalized spacial score (nSPS) is 22.8. The van der Waals surface area contributed by atoms with E-state index in [9.17, 15) is 14.4 Å². The van der Waals surface area contributed by atoms with Gasteiger partial charge in [-0.15, -0.1) is 6.58 Å². The smallest absolute Gasteiger partial charge is 0.332 e. The van der Waals surface area contributed by atoms with Crippen LogP contribution in [0.15, 0.2) is 25.3 Å². The summed E-state index contributed by atoms with van der Waals surface area (Å²) in [4.78, 5) is 50.8. The van der Waals surface area contributed by atoms with Gasteiger partial charge in [-0.05, 0) is 6.42 Å². The molecule has 11 heteroatoms. The van der Waals surface area contributed by atoms with Gasteiger partial charge < -0.3 is 14.2 Å². The van der Waals surface area contributed by atoms with Gasteiger partial charge in [0.25, 0.3) is 0 Å². The fourth-order valence-corrected chi connectivity index (χ4v) is 4.31. The molecule has 29 heavy (non-hydrogen) atoms. The lowest BCUT2D eigenvalue weighted by Crippen LogP contribution is -2.47. The van der Waals surface area contributed by atoms with E-state index >= 15 is 0 Å². The number of aromatic nitrogens is 4. The van der Waals surface area contributed by atoms with Crippen molar-refractivity contribution < 1.29 is 28.6 Å². The summed E-state index contributed by atoms with van der Waals surface area (Å²) >= 11 is 6.10. The number of esters is 3. The molecule has 1 aliphatic rings. The predicted octanol–water partition coefficient (Wildman–Crippen LogP) is 1.28. The zero-order valence-electron chi connectivity index (χ0n) is 16.0. The fourth-order valence-electron chi connectivity index (χ4n) is 4.13. The number of carbonyl (C=O) groups excluding carboxylic acids is 3. The van der Waals surface area contributed by atoms with Crippen molar-refractivity contribution in [3.8, 4) is 0 Å². The summed E-state index contributed by atoms with van der Waals surface area (Å²) in [5, 5.41) is 0.0918. The Bertz CT molecular complexity index is 989. The lowest BCUT2D eigenvalue weighted by molar-refractivity contribution is -0.169. The van der Waals surface area contributed by atoms with Crippen LogP contribution in [0.5, 0.6) is 0 Å². The number of ether oxygens (including phenoxy) is 3. The molecule has 0 saturated heterocycles. The molecule has 1 aliphatic carbocycles. The minimum atomic E-state index is -1.75. The first-order valence-corrected chi connectivity index (χ1v) is 8.92. The molecule has 0 aliphatic heterocycles. The van der Waals surface area contributed by atoms with E-state index in [-0.39, 0.29) is 29.2 Å². The maximum Gasteiger partial charge on any atom is 0.332 e. The van der Waals surface area contributed by atoms with Crippen molar-refractivity contribution in [2.75, 3.05) is 21.3 Å². The Hall–Kier alpha value is -3.01. The van der Waals surface area contributed by atoms with Crippen molar-refractivity contribution in [3.63, 3.8) is 0 Å². The molecule has 1 fully saturated rings. The Kier molecular flexibility index (Phi) is 5.31. The average molecular weight is 423 g/mol. The van der Waals surface area contributed by atoms with Gasteiger partial charge >= 0.3 is 17.9 Å². The molecule has 0 unspecified atom stereocenters. The first kappa shape index (κ1) is 20.7. The molecule has 154 valence electrons. The van der Waals surface area contributed by atoms with Gasteiger partial charge in [-0.1, -0.05) is 17.7 Å². The van der Waals surface area contributed by atoms with Crippen LogP contribution in [0, 0.1) is 11.3 Å². The molecule has 1 saturated carbocycles. The Labute approximate surface area is 170 Å². The molecule has 0 N–H and O–H groups in total. The molecular weight excluding hydrogens is 404 g/mol. The third-order valence-electron chi connectivity index (χ3n) is 5.45. The maximum absolute atomic E-state index is 13.1. The van der Waals surface area contributed by atoms with E-state index in [0.29, 0.717) is 0 Å². The standard InChI is InChI=1S/C18H19ClN4O6/c1-5-10-6-17(14(24)27-2,15(25)28-3)7-18(10,16(26)29-4)23-9-22-11-12(19)20-8-21-13(11)23/h5,8-10H,1,6-7H2,2-4H3/t10-,18+/m0/s1. The van der Waals surface area contributed by atoms with Crippen molar-refractivity contribution in [2.45, 2.75) is 18.4 Å². The minimum absolute atomic E-state index is 0.0799.